The topological polar surface area (TPSA) is 58.2 Å². The summed E-state index contributed by atoms with van der Waals surface area (Å²) >= 11 is 1.31. The second-order valence-corrected chi connectivity index (χ2v) is 6.91. The Labute approximate surface area is 108 Å². The van der Waals surface area contributed by atoms with Crippen LogP contribution in [0.25, 0.3) is 0 Å². The van der Waals surface area contributed by atoms with Crippen LogP contribution in [-0.4, -0.2) is 27.4 Å². The van der Waals surface area contributed by atoms with Gasteiger partial charge in [0.05, 0.1) is 11.4 Å². The molecule has 102 valence electrons. The molecule has 8 heteroatoms. The molecule has 2 rings (SSSR count). The molecule has 18 heavy (non-hydrogen) atoms. The lowest BCUT2D eigenvalue weighted by molar-refractivity contribution is 0.153. The van der Waals surface area contributed by atoms with Crippen molar-refractivity contribution >= 4 is 21.4 Å². The van der Waals surface area contributed by atoms with Crippen LogP contribution in [0.5, 0.6) is 0 Å². The maximum absolute atomic E-state index is 12.0. The van der Waals surface area contributed by atoms with Gasteiger partial charge in [0.2, 0.25) is 10.0 Å². The van der Waals surface area contributed by atoms with Crippen molar-refractivity contribution in [3.63, 3.8) is 0 Å². The lowest BCUT2D eigenvalue weighted by Gasteiger charge is -2.03. The average Bonchev–Trinajstić information content (AvgIpc) is 3.00. The van der Waals surface area contributed by atoms with Gasteiger partial charge in [-0.15, -0.1) is 11.3 Å². The SMILES string of the molecule is O=S(=O)(NCC(F)F)c1csc(CNC2CC2)c1. The summed E-state index contributed by atoms with van der Waals surface area (Å²) in [4.78, 5) is 0.945. The first-order valence-corrected chi connectivity index (χ1v) is 7.92. The van der Waals surface area contributed by atoms with Gasteiger partial charge in [-0.2, -0.15) is 0 Å². The summed E-state index contributed by atoms with van der Waals surface area (Å²) in [5.41, 5.74) is 0. The molecule has 1 fully saturated rings. The van der Waals surface area contributed by atoms with Crippen LogP contribution in [0, 0.1) is 0 Å². The maximum atomic E-state index is 12.0. The Morgan fingerprint density at radius 3 is 2.78 bits per heavy atom. The van der Waals surface area contributed by atoms with E-state index in [0.29, 0.717) is 12.6 Å². The molecule has 1 aromatic rings. The minimum atomic E-state index is -3.80. The molecule has 1 heterocycles. The molecule has 0 atom stereocenters. The Morgan fingerprint density at radius 1 is 1.44 bits per heavy atom. The second-order valence-electron chi connectivity index (χ2n) is 4.15. The van der Waals surface area contributed by atoms with Gasteiger partial charge in [-0.3, -0.25) is 0 Å². The van der Waals surface area contributed by atoms with Crippen molar-refractivity contribution in [3.05, 3.63) is 16.3 Å². The predicted molar refractivity (Wildman–Crippen MR) is 65.4 cm³/mol. The van der Waals surface area contributed by atoms with Gasteiger partial charge in [-0.1, -0.05) is 0 Å². The van der Waals surface area contributed by atoms with E-state index < -0.39 is 23.0 Å². The third kappa shape index (κ3) is 3.98. The molecule has 0 saturated heterocycles. The number of thiophene rings is 1. The molecular formula is C10H14F2N2O2S2. The van der Waals surface area contributed by atoms with Crippen LogP contribution in [0.3, 0.4) is 0 Å². The van der Waals surface area contributed by atoms with E-state index in [1.54, 1.807) is 0 Å². The zero-order valence-corrected chi connectivity index (χ0v) is 11.2. The van der Waals surface area contributed by atoms with E-state index in [9.17, 15) is 17.2 Å². The molecule has 0 aliphatic heterocycles. The van der Waals surface area contributed by atoms with Crippen LogP contribution in [0.4, 0.5) is 8.78 Å². The van der Waals surface area contributed by atoms with Gasteiger partial charge >= 0.3 is 0 Å². The fraction of sp³-hybridized carbons (Fsp3) is 0.600. The summed E-state index contributed by atoms with van der Waals surface area (Å²) in [6.45, 7) is -0.229. The maximum Gasteiger partial charge on any atom is 0.251 e. The normalized spacial score (nSPS) is 16.4. The van der Waals surface area contributed by atoms with E-state index in [2.05, 4.69) is 5.32 Å². The van der Waals surface area contributed by atoms with Gasteiger partial charge in [0.25, 0.3) is 6.43 Å². The van der Waals surface area contributed by atoms with Crippen molar-refractivity contribution in [1.82, 2.24) is 10.0 Å². The quantitative estimate of drug-likeness (QED) is 0.802. The summed E-state index contributed by atoms with van der Waals surface area (Å²) < 4.78 is 49.1. The van der Waals surface area contributed by atoms with Crippen molar-refractivity contribution in [2.24, 2.45) is 0 Å². The summed E-state index contributed by atoms with van der Waals surface area (Å²) in [5.74, 6) is 0. The van der Waals surface area contributed by atoms with Gasteiger partial charge in [0.15, 0.2) is 0 Å². The number of hydrogen-bond acceptors (Lipinski definition) is 4. The summed E-state index contributed by atoms with van der Waals surface area (Å²) in [6.07, 6.45) is -0.367. The van der Waals surface area contributed by atoms with Crippen molar-refractivity contribution in [3.8, 4) is 0 Å². The number of halogens is 2. The van der Waals surface area contributed by atoms with Crippen LogP contribution in [0.15, 0.2) is 16.3 Å². The molecule has 0 aromatic carbocycles. The van der Waals surface area contributed by atoms with Crippen LogP contribution < -0.4 is 10.0 Å². The van der Waals surface area contributed by atoms with Crippen LogP contribution >= 0.6 is 11.3 Å². The van der Waals surface area contributed by atoms with Crippen LogP contribution in [0.2, 0.25) is 0 Å². The molecule has 0 amide bonds. The summed E-state index contributed by atoms with van der Waals surface area (Å²) in [7, 11) is -3.80. The fourth-order valence-electron chi connectivity index (χ4n) is 1.38. The molecular weight excluding hydrogens is 282 g/mol. The van der Waals surface area contributed by atoms with E-state index in [0.717, 1.165) is 17.7 Å². The third-order valence-corrected chi connectivity index (χ3v) is 5.00. The number of alkyl halides is 2. The zero-order valence-electron chi connectivity index (χ0n) is 9.53. The first-order chi connectivity index (χ1) is 8.47. The van der Waals surface area contributed by atoms with Crippen molar-refractivity contribution in [2.45, 2.75) is 36.7 Å². The molecule has 4 nitrogen and oxygen atoms in total. The Hall–Kier alpha value is -0.570. The molecule has 0 bridgehead atoms. The Morgan fingerprint density at radius 2 is 2.17 bits per heavy atom. The van der Waals surface area contributed by atoms with E-state index in [1.807, 2.05) is 4.72 Å². The molecule has 1 aliphatic rings. The highest BCUT2D eigenvalue weighted by Gasteiger charge is 2.21. The number of nitrogens with one attached hydrogen (secondary N) is 2. The highest BCUT2D eigenvalue weighted by Crippen LogP contribution is 2.22. The van der Waals surface area contributed by atoms with Gasteiger partial charge in [-0.25, -0.2) is 21.9 Å². The highest BCUT2D eigenvalue weighted by molar-refractivity contribution is 7.89. The summed E-state index contributed by atoms with van der Waals surface area (Å²) in [5, 5.41) is 4.73. The Bertz CT molecular complexity index is 498. The monoisotopic (exact) mass is 296 g/mol. The smallest absolute Gasteiger partial charge is 0.251 e. The zero-order chi connectivity index (χ0) is 13.2. The fourth-order valence-corrected chi connectivity index (χ4v) is 3.61. The lowest BCUT2D eigenvalue weighted by atomic mass is 10.4. The largest absolute Gasteiger partial charge is 0.309 e. The predicted octanol–water partition coefficient (Wildman–Crippen LogP) is 1.54. The van der Waals surface area contributed by atoms with Crippen LogP contribution in [0.1, 0.15) is 17.7 Å². The molecule has 1 aromatic heterocycles. The van der Waals surface area contributed by atoms with Crippen molar-refractivity contribution in [2.75, 3.05) is 6.54 Å². The van der Waals surface area contributed by atoms with Crippen molar-refractivity contribution < 1.29 is 17.2 Å². The van der Waals surface area contributed by atoms with Gasteiger partial charge in [-0.05, 0) is 18.9 Å². The molecule has 0 radical (unpaired) electrons. The average molecular weight is 296 g/mol. The minimum absolute atomic E-state index is 0.0562. The first kappa shape index (κ1) is 13.9. The highest BCUT2D eigenvalue weighted by atomic mass is 32.2. The van der Waals surface area contributed by atoms with E-state index in [4.69, 9.17) is 0 Å². The third-order valence-electron chi connectivity index (χ3n) is 2.51. The first-order valence-electron chi connectivity index (χ1n) is 5.56. The Kier molecular flexibility index (Phi) is 4.31. The Balaban J connectivity index is 1.94. The van der Waals surface area contributed by atoms with Crippen LogP contribution in [-0.2, 0) is 16.6 Å². The molecule has 1 aliphatic carbocycles. The van der Waals surface area contributed by atoms with Gasteiger partial charge < -0.3 is 5.32 Å². The minimum Gasteiger partial charge on any atom is -0.309 e. The molecule has 2 N–H and O–H groups in total. The van der Waals surface area contributed by atoms with E-state index in [-0.39, 0.29) is 4.90 Å². The second kappa shape index (κ2) is 5.60. The van der Waals surface area contributed by atoms with Crippen molar-refractivity contribution in [1.29, 1.82) is 0 Å². The molecule has 0 spiro atoms. The standard InChI is InChI=1S/C10H14F2N2O2S2/c11-10(12)5-14-18(15,16)9-3-8(17-6-9)4-13-7-1-2-7/h3,6-7,10,13-14H,1-2,4-5H2. The molecule has 0 unspecified atom stereocenters. The lowest BCUT2D eigenvalue weighted by Crippen LogP contribution is -2.28. The van der Waals surface area contributed by atoms with Gasteiger partial charge in [0.1, 0.15) is 0 Å². The number of rotatable bonds is 7. The number of sulfonamides is 1. The summed E-state index contributed by atoms with van der Waals surface area (Å²) in [6, 6.07) is 2.07. The van der Waals surface area contributed by atoms with E-state index in [1.165, 1.54) is 22.8 Å². The molecule has 1 saturated carbocycles. The van der Waals surface area contributed by atoms with Gasteiger partial charge in [0, 0.05) is 22.8 Å². The number of hydrogen-bond donors (Lipinski definition) is 2. The van der Waals surface area contributed by atoms with E-state index >= 15 is 0 Å².